The fourth-order valence-electron chi connectivity index (χ4n) is 5.00. The molecule has 28 heavy (non-hydrogen) atoms. The summed E-state index contributed by atoms with van der Waals surface area (Å²) in [5, 5.41) is 8.61. The van der Waals surface area contributed by atoms with E-state index in [1.54, 1.807) is 0 Å². The number of hydrogen-bond donors (Lipinski definition) is 0. The smallest absolute Gasteiger partial charge is 0.260 e. The Labute approximate surface area is 166 Å². The molecule has 1 aliphatic heterocycles. The number of carbonyl (C=O) groups is 1. The van der Waals surface area contributed by atoms with Crippen LogP contribution in [0.1, 0.15) is 56.3 Å². The molecular weight excluding hydrogens is 352 g/mol. The van der Waals surface area contributed by atoms with Crippen molar-refractivity contribution in [2.24, 2.45) is 5.41 Å². The minimum Gasteiger partial charge on any atom is -0.484 e. The highest BCUT2D eigenvalue weighted by Gasteiger charge is 2.50. The molecule has 2 aliphatic rings. The van der Waals surface area contributed by atoms with E-state index >= 15 is 0 Å². The number of hydrogen-bond acceptors (Lipinski definition) is 4. The molecule has 4 rings (SSSR count). The number of carbonyl (C=O) groups excluding carboxylic acids is 1. The highest BCUT2D eigenvalue weighted by Crippen LogP contribution is 2.51. The number of likely N-dealkylation sites (tertiary alicyclic amines) is 1. The second-order valence-corrected chi connectivity index (χ2v) is 8.33. The maximum Gasteiger partial charge on any atom is 0.260 e. The van der Waals surface area contributed by atoms with Crippen LogP contribution >= 0.6 is 0 Å². The van der Waals surface area contributed by atoms with E-state index in [1.165, 1.54) is 19.3 Å². The van der Waals surface area contributed by atoms with Crippen molar-refractivity contribution in [2.45, 2.75) is 58.4 Å². The van der Waals surface area contributed by atoms with Crippen molar-refractivity contribution < 1.29 is 9.53 Å². The van der Waals surface area contributed by atoms with Crippen LogP contribution in [-0.4, -0.2) is 45.3 Å². The zero-order chi connectivity index (χ0) is 19.6. The molecule has 1 aliphatic carbocycles. The van der Waals surface area contributed by atoms with E-state index in [-0.39, 0.29) is 23.8 Å². The summed E-state index contributed by atoms with van der Waals surface area (Å²) in [6.45, 7) is 6.62. The van der Waals surface area contributed by atoms with E-state index in [9.17, 15) is 4.79 Å². The van der Waals surface area contributed by atoms with E-state index in [2.05, 4.69) is 21.7 Å². The molecule has 0 N–H and O–H groups in total. The molecule has 1 saturated heterocycles. The first-order chi connectivity index (χ1) is 13.6. The van der Waals surface area contributed by atoms with Crippen molar-refractivity contribution in [3.05, 3.63) is 42.0 Å². The molecule has 1 amide bonds. The van der Waals surface area contributed by atoms with Gasteiger partial charge < -0.3 is 14.2 Å². The predicted octanol–water partition coefficient (Wildman–Crippen LogP) is 3.56. The Kier molecular flexibility index (Phi) is 5.38. The van der Waals surface area contributed by atoms with Crippen LogP contribution in [0.2, 0.25) is 0 Å². The summed E-state index contributed by atoms with van der Waals surface area (Å²) in [5.74, 6) is 2.12. The van der Waals surface area contributed by atoms with Gasteiger partial charge in [0, 0.05) is 25.6 Å². The van der Waals surface area contributed by atoms with Gasteiger partial charge in [0.1, 0.15) is 17.9 Å². The van der Waals surface area contributed by atoms with Crippen LogP contribution in [0.5, 0.6) is 5.75 Å². The van der Waals surface area contributed by atoms with Crippen LogP contribution in [0.25, 0.3) is 0 Å². The SMILES string of the molecule is CCn1cnnc1C1CN(C(=O)COc2cccc(C)c2)CC12CCCCC2. The summed E-state index contributed by atoms with van der Waals surface area (Å²) in [6, 6.07) is 7.85. The number of benzene rings is 1. The molecule has 1 spiro atoms. The third-order valence-electron chi connectivity index (χ3n) is 6.50. The van der Waals surface area contributed by atoms with Gasteiger partial charge in [-0.15, -0.1) is 10.2 Å². The number of aromatic nitrogens is 3. The molecule has 1 aromatic heterocycles. The first-order valence-electron chi connectivity index (χ1n) is 10.5. The molecule has 2 aromatic rings. The van der Waals surface area contributed by atoms with Gasteiger partial charge in [-0.3, -0.25) is 4.79 Å². The molecule has 2 heterocycles. The molecule has 1 saturated carbocycles. The van der Waals surface area contributed by atoms with Gasteiger partial charge >= 0.3 is 0 Å². The van der Waals surface area contributed by atoms with Crippen LogP contribution in [0.15, 0.2) is 30.6 Å². The van der Waals surface area contributed by atoms with Crippen molar-refractivity contribution in [1.29, 1.82) is 0 Å². The number of rotatable bonds is 5. The Bertz CT molecular complexity index is 825. The summed E-state index contributed by atoms with van der Waals surface area (Å²) in [4.78, 5) is 15.0. The normalized spacial score (nSPS) is 21.2. The van der Waals surface area contributed by atoms with Crippen molar-refractivity contribution in [2.75, 3.05) is 19.7 Å². The van der Waals surface area contributed by atoms with Crippen molar-refractivity contribution in [3.63, 3.8) is 0 Å². The summed E-state index contributed by atoms with van der Waals surface area (Å²) >= 11 is 0. The van der Waals surface area contributed by atoms with Gasteiger partial charge in [-0.05, 0) is 49.8 Å². The second-order valence-electron chi connectivity index (χ2n) is 8.33. The lowest BCUT2D eigenvalue weighted by Gasteiger charge is -2.37. The van der Waals surface area contributed by atoms with E-state index in [0.717, 1.165) is 43.1 Å². The van der Waals surface area contributed by atoms with Gasteiger partial charge in [0.05, 0.1) is 0 Å². The van der Waals surface area contributed by atoms with E-state index in [1.807, 2.05) is 42.4 Å². The molecule has 6 nitrogen and oxygen atoms in total. The van der Waals surface area contributed by atoms with Crippen LogP contribution in [-0.2, 0) is 11.3 Å². The lowest BCUT2D eigenvalue weighted by Crippen LogP contribution is -2.36. The van der Waals surface area contributed by atoms with Crippen LogP contribution in [0.3, 0.4) is 0 Å². The largest absolute Gasteiger partial charge is 0.484 e. The van der Waals surface area contributed by atoms with Crippen LogP contribution in [0, 0.1) is 12.3 Å². The lowest BCUT2D eigenvalue weighted by molar-refractivity contribution is -0.132. The Morgan fingerprint density at radius 2 is 2.11 bits per heavy atom. The molecule has 1 aromatic carbocycles. The number of amides is 1. The molecular formula is C22H30N4O2. The van der Waals surface area contributed by atoms with Gasteiger partial charge in [0.15, 0.2) is 6.61 Å². The maximum absolute atomic E-state index is 13.0. The lowest BCUT2D eigenvalue weighted by atomic mass is 9.67. The zero-order valence-corrected chi connectivity index (χ0v) is 16.9. The summed E-state index contributed by atoms with van der Waals surface area (Å²) in [7, 11) is 0. The van der Waals surface area contributed by atoms with Crippen molar-refractivity contribution >= 4 is 5.91 Å². The molecule has 6 heteroatoms. The number of nitrogens with zero attached hydrogens (tertiary/aromatic N) is 4. The highest BCUT2D eigenvalue weighted by atomic mass is 16.5. The molecule has 1 unspecified atom stereocenters. The molecule has 0 radical (unpaired) electrons. The van der Waals surface area contributed by atoms with Crippen LogP contribution in [0.4, 0.5) is 0 Å². The van der Waals surface area contributed by atoms with E-state index in [0.29, 0.717) is 6.54 Å². The number of ether oxygens (including phenoxy) is 1. The quantitative estimate of drug-likeness (QED) is 0.793. The Morgan fingerprint density at radius 1 is 1.29 bits per heavy atom. The maximum atomic E-state index is 13.0. The van der Waals surface area contributed by atoms with Crippen molar-refractivity contribution in [1.82, 2.24) is 19.7 Å². The third-order valence-corrected chi connectivity index (χ3v) is 6.50. The third kappa shape index (κ3) is 3.64. The highest BCUT2D eigenvalue weighted by molar-refractivity contribution is 5.78. The van der Waals surface area contributed by atoms with Gasteiger partial charge in [0.2, 0.25) is 0 Å². The summed E-state index contributed by atoms with van der Waals surface area (Å²) in [5.41, 5.74) is 1.27. The molecule has 2 fully saturated rings. The molecule has 0 bridgehead atoms. The fourth-order valence-corrected chi connectivity index (χ4v) is 5.00. The topological polar surface area (TPSA) is 60.2 Å². The molecule has 1 atom stereocenters. The Morgan fingerprint density at radius 3 is 2.86 bits per heavy atom. The first-order valence-corrected chi connectivity index (χ1v) is 10.5. The van der Waals surface area contributed by atoms with Gasteiger partial charge in [0.25, 0.3) is 5.91 Å². The summed E-state index contributed by atoms with van der Waals surface area (Å²) in [6.07, 6.45) is 7.90. The molecule has 150 valence electrons. The monoisotopic (exact) mass is 382 g/mol. The standard InChI is InChI=1S/C22H30N4O2/c1-3-25-16-23-24-21(25)19-13-26(15-22(19)10-5-4-6-11-22)20(27)14-28-18-9-7-8-17(2)12-18/h7-9,12,16,19H,3-6,10-11,13-15H2,1-2H3. The zero-order valence-electron chi connectivity index (χ0n) is 16.9. The predicted molar refractivity (Wildman–Crippen MR) is 107 cm³/mol. The average Bonchev–Trinajstić information content (AvgIpc) is 3.31. The Balaban J connectivity index is 1.50. The van der Waals surface area contributed by atoms with Crippen molar-refractivity contribution in [3.8, 4) is 5.75 Å². The van der Waals surface area contributed by atoms with E-state index < -0.39 is 0 Å². The summed E-state index contributed by atoms with van der Waals surface area (Å²) < 4.78 is 7.92. The van der Waals surface area contributed by atoms with Gasteiger partial charge in [-0.1, -0.05) is 31.4 Å². The number of aryl methyl sites for hydroxylation is 2. The second kappa shape index (κ2) is 7.94. The average molecular weight is 383 g/mol. The Hall–Kier alpha value is -2.37. The van der Waals surface area contributed by atoms with Gasteiger partial charge in [-0.25, -0.2) is 0 Å². The van der Waals surface area contributed by atoms with Crippen LogP contribution < -0.4 is 4.74 Å². The minimum absolute atomic E-state index is 0.0662. The minimum atomic E-state index is 0.0662. The first kappa shape index (κ1) is 19.0. The van der Waals surface area contributed by atoms with Gasteiger partial charge in [-0.2, -0.15) is 0 Å². The fraction of sp³-hybridized carbons (Fsp3) is 0.591. The van der Waals surface area contributed by atoms with E-state index in [4.69, 9.17) is 4.74 Å².